The number of urea groups is 1. The number of hydrogen-bond acceptors (Lipinski definition) is 4. The zero-order valence-corrected chi connectivity index (χ0v) is 15.5. The van der Waals surface area contributed by atoms with Gasteiger partial charge in [0.25, 0.3) is 0 Å². The van der Waals surface area contributed by atoms with E-state index in [2.05, 4.69) is 10.3 Å². The van der Waals surface area contributed by atoms with Gasteiger partial charge in [0.2, 0.25) is 0 Å². The summed E-state index contributed by atoms with van der Waals surface area (Å²) < 4.78 is 43.5. The second-order valence-corrected chi connectivity index (χ2v) is 7.28. The summed E-state index contributed by atoms with van der Waals surface area (Å²) in [6, 6.07) is 2.43. The summed E-state index contributed by atoms with van der Waals surface area (Å²) in [5, 5.41) is 3.07. The Balaban J connectivity index is 1.49. The fourth-order valence-corrected chi connectivity index (χ4v) is 3.60. The van der Waals surface area contributed by atoms with E-state index >= 15 is 0 Å². The minimum Gasteiger partial charge on any atom is -0.372 e. The fraction of sp³-hybridized carbons (Fsp3) is 0.667. The molecule has 2 atom stereocenters. The normalized spacial score (nSPS) is 24.8. The van der Waals surface area contributed by atoms with Crippen molar-refractivity contribution in [3.8, 4) is 0 Å². The van der Waals surface area contributed by atoms with Crippen LogP contribution in [-0.4, -0.2) is 60.3 Å². The summed E-state index contributed by atoms with van der Waals surface area (Å²) in [6.45, 7) is 6.32. The van der Waals surface area contributed by atoms with Crippen molar-refractivity contribution in [1.29, 1.82) is 0 Å². The molecule has 1 aromatic heterocycles. The molecule has 3 heterocycles. The van der Waals surface area contributed by atoms with E-state index in [1.165, 1.54) is 6.07 Å². The predicted molar refractivity (Wildman–Crippen MR) is 94.6 cm³/mol. The van der Waals surface area contributed by atoms with Crippen molar-refractivity contribution in [2.24, 2.45) is 0 Å². The Hall–Kier alpha value is -2.03. The Morgan fingerprint density at radius 3 is 2.33 bits per heavy atom. The molecule has 2 amide bonds. The average molecular weight is 386 g/mol. The van der Waals surface area contributed by atoms with Gasteiger partial charge in [-0.2, -0.15) is 13.2 Å². The van der Waals surface area contributed by atoms with Crippen LogP contribution in [0.25, 0.3) is 0 Å². The van der Waals surface area contributed by atoms with Gasteiger partial charge in [-0.25, -0.2) is 9.78 Å². The van der Waals surface area contributed by atoms with E-state index < -0.39 is 11.7 Å². The summed E-state index contributed by atoms with van der Waals surface area (Å²) in [4.78, 5) is 20.1. The van der Waals surface area contributed by atoms with Gasteiger partial charge in [-0.15, -0.1) is 0 Å². The van der Waals surface area contributed by atoms with Crippen molar-refractivity contribution in [1.82, 2.24) is 15.2 Å². The van der Waals surface area contributed by atoms with E-state index in [1.807, 2.05) is 18.7 Å². The summed E-state index contributed by atoms with van der Waals surface area (Å²) in [6.07, 6.45) is -2.02. The molecule has 2 aliphatic heterocycles. The Morgan fingerprint density at radius 2 is 1.81 bits per heavy atom. The van der Waals surface area contributed by atoms with Crippen LogP contribution in [0.2, 0.25) is 0 Å². The number of nitrogens with one attached hydrogen (secondary N) is 1. The second kappa shape index (κ2) is 7.92. The van der Waals surface area contributed by atoms with Gasteiger partial charge in [-0.1, -0.05) is 0 Å². The van der Waals surface area contributed by atoms with Gasteiger partial charge in [0.15, 0.2) is 0 Å². The summed E-state index contributed by atoms with van der Waals surface area (Å²) in [7, 11) is 0. The maximum Gasteiger partial charge on any atom is 0.417 e. The third-order valence-electron chi connectivity index (χ3n) is 4.93. The molecule has 0 saturated carbocycles. The van der Waals surface area contributed by atoms with Crippen LogP contribution in [0.1, 0.15) is 32.3 Å². The molecular weight excluding hydrogens is 361 g/mol. The molecule has 150 valence electrons. The van der Waals surface area contributed by atoms with Crippen molar-refractivity contribution in [3.63, 3.8) is 0 Å². The van der Waals surface area contributed by atoms with Crippen LogP contribution < -0.4 is 10.2 Å². The minimum atomic E-state index is -4.38. The van der Waals surface area contributed by atoms with Crippen molar-refractivity contribution in [2.75, 3.05) is 31.1 Å². The van der Waals surface area contributed by atoms with Crippen LogP contribution in [0.3, 0.4) is 0 Å². The molecule has 2 aliphatic rings. The molecule has 0 spiro atoms. The van der Waals surface area contributed by atoms with Gasteiger partial charge in [0.05, 0.1) is 17.8 Å². The fourth-order valence-electron chi connectivity index (χ4n) is 3.60. The lowest BCUT2D eigenvalue weighted by atomic mass is 10.1. The van der Waals surface area contributed by atoms with E-state index in [1.54, 1.807) is 4.90 Å². The van der Waals surface area contributed by atoms with Gasteiger partial charge < -0.3 is 19.9 Å². The smallest absolute Gasteiger partial charge is 0.372 e. The van der Waals surface area contributed by atoms with Crippen molar-refractivity contribution >= 4 is 11.8 Å². The van der Waals surface area contributed by atoms with Crippen molar-refractivity contribution < 1.29 is 22.7 Å². The molecule has 6 nitrogen and oxygen atoms in total. The number of aromatic nitrogens is 1. The van der Waals surface area contributed by atoms with Gasteiger partial charge in [-0.05, 0) is 38.8 Å². The molecule has 9 heteroatoms. The number of ether oxygens (including phenoxy) is 1. The lowest BCUT2D eigenvalue weighted by molar-refractivity contribution is -0.137. The first-order valence-electron chi connectivity index (χ1n) is 9.21. The van der Waals surface area contributed by atoms with Crippen LogP contribution in [0, 0.1) is 0 Å². The third kappa shape index (κ3) is 5.03. The molecule has 3 rings (SSSR count). The molecule has 2 unspecified atom stereocenters. The molecule has 1 aromatic rings. The topological polar surface area (TPSA) is 57.7 Å². The van der Waals surface area contributed by atoms with Gasteiger partial charge in [0.1, 0.15) is 5.82 Å². The Morgan fingerprint density at radius 1 is 1.19 bits per heavy atom. The average Bonchev–Trinajstić information content (AvgIpc) is 2.61. The second-order valence-electron chi connectivity index (χ2n) is 7.28. The molecule has 0 bridgehead atoms. The quantitative estimate of drug-likeness (QED) is 0.849. The monoisotopic (exact) mass is 386 g/mol. The van der Waals surface area contributed by atoms with Crippen molar-refractivity contribution in [3.05, 3.63) is 23.9 Å². The number of carbonyl (C=O) groups excluding carboxylic acids is 1. The minimum absolute atomic E-state index is 0.0205. The van der Waals surface area contributed by atoms with E-state index in [0.717, 1.165) is 25.1 Å². The molecule has 2 saturated heterocycles. The number of anilines is 1. The zero-order chi connectivity index (χ0) is 19.6. The first-order valence-corrected chi connectivity index (χ1v) is 9.21. The molecule has 0 aromatic carbocycles. The lowest BCUT2D eigenvalue weighted by Gasteiger charge is -2.38. The van der Waals surface area contributed by atoms with Gasteiger partial charge in [0, 0.05) is 38.4 Å². The van der Waals surface area contributed by atoms with Crippen LogP contribution in [0.15, 0.2) is 18.3 Å². The zero-order valence-electron chi connectivity index (χ0n) is 15.5. The van der Waals surface area contributed by atoms with E-state index in [9.17, 15) is 18.0 Å². The first-order chi connectivity index (χ1) is 12.7. The Bertz CT molecular complexity index is 635. The van der Waals surface area contributed by atoms with Crippen LogP contribution >= 0.6 is 0 Å². The molecule has 0 aliphatic carbocycles. The Kier molecular flexibility index (Phi) is 5.78. The standard InChI is InChI=1S/C18H25F3N4O2/c1-12-10-25(11-13(2)27-12)17(26)23-15-5-7-24(8-6-15)16-4-3-14(9-22-16)18(19,20)21/h3-4,9,12-13,15H,5-8,10-11H2,1-2H3,(H,23,26). The van der Waals surface area contributed by atoms with Crippen molar-refractivity contribution in [2.45, 2.75) is 51.1 Å². The highest BCUT2D eigenvalue weighted by molar-refractivity contribution is 5.74. The molecule has 27 heavy (non-hydrogen) atoms. The number of halogens is 3. The van der Waals surface area contributed by atoms with Crippen LogP contribution in [0.4, 0.5) is 23.8 Å². The highest BCUT2D eigenvalue weighted by atomic mass is 19.4. The SMILES string of the molecule is CC1CN(C(=O)NC2CCN(c3ccc(C(F)(F)F)cn3)CC2)CC(C)O1. The van der Waals surface area contributed by atoms with E-state index in [0.29, 0.717) is 32.0 Å². The van der Waals surface area contributed by atoms with Gasteiger partial charge in [-0.3, -0.25) is 0 Å². The highest BCUT2D eigenvalue weighted by Gasteiger charge is 2.31. The first kappa shape index (κ1) is 19.7. The maximum atomic E-state index is 12.6. The number of hydrogen-bond donors (Lipinski definition) is 1. The number of alkyl halides is 3. The number of amides is 2. The van der Waals surface area contributed by atoms with E-state index in [4.69, 9.17) is 4.74 Å². The Labute approximate surface area is 156 Å². The number of nitrogens with zero attached hydrogens (tertiary/aromatic N) is 3. The predicted octanol–water partition coefficient (Wildman–Crippen LogP) is 2.89. The lowest BCUT2D eigenvalue weighted by Crippen LogP contribution is -2.55. The highest BCUT2D eigenvalue weighted by Crippen LogP contribution is 2.29. The summed E-state index contributed by atoms with van der Waals surface area (Å²) in [5.41, 5.74) is -0.748. The van der Waals surface area contributed by atoms with Gasteiger partial charge >= 0.3 is 12.2 Å². The number of piperidine rings is 1. The molecule has 2 fully saturated rings. The maximum absolute atomic E-state index is 12.6. The largest absolute Gasteiger partial charge is 0.417 e. The summed E-state index contributed by atoms with van der Waals surface area (Å²) in [5.74, 6) is 0.531. The number of rotatable bonds is 2. The number of carbonyl (C=O) groups is 1. The van der Waals surface area contributed by atoms with Crippen LogP contribution in [0.5, 0.6) is 0 Å². The van der Waals surface area contributed by atoms with E-state index in [-0.39, 0.29) is 24.3 Å². The molecular formula is C18H25F3N4O2. The molecule has 1 N–H and O–H groups in total. The van der Waals surface area contributed by atoms with Crippen LogP contribution in [-0.2, 0) is 10.9 Å². The number of pyridine rings is 1. The summed E-state index contributed by atoms with van der Waals surface area (Å²) >= 11 is 0. The third-order valence-corrected chi connectivity index (χ3v) is 4.93. The molecule has 0 radical (unpaired) electrons. The number of morpholine rings is 1.